The van der Waals surface area contributed by atoms with Gasteiger partial charge in [-0.2, -0.15) is 5.26 Å². The number of carbonyl (C=O) groups excluding carboxylic acids is 1. The van der Waals surface area contributed by atoms with Gasteiger partial charge in [-0.15, -0.1) is 0 Å². The zero-order chi connectivity index (χ0) is 12.1. The smallest absolute Gasteiger partial charge is 0.240 e. The van der Waals surface area contributed by atoms with Crippen molar-refractivity contribution >= 4 is 5.91 Å². The molecule has 2 unspecified atom stereocenters. The molecule has 1 N–H and O–H groups in total. The van der Waals surface area contributed by atoms with Gasteiger partial charge in [-0.1, -0.05) is 20.8 Å². The lowest BCUT2D eigenvalue weighted by Crippen LogP contribution is -2.42. The van der Waals surface area contributed by atoms with Crippen molar-refractivity contribution in [3.8, 4) is 6.07 Å². The van der Waals surface area contributed by atoms with Crippen LogP contribution < -0.4 is 5.32 Å². The Kier molecular flexibility index (Phi) is 5.35. The van der Waals surface area contributed by atoms with Crippen LogP contribution in [0, 0.1) is 22.7 Å². The lowest BCUT2D eigenvalue weighted by atomic mass is 9.88. The largest absolute Gasteiger partial charge is 0.352 e. The quantitative estimate of drug-likeness (QED) is 0.758. The van der Waals surface area contributed by atoms with Gasteiger partial charge >= 0.3 is 0 Å². The fourth-order valence-corrected chi connectivity index (χ4v) is 1.44. The van der Waals surface area contributed by atoms with E-state index in [0.717, 1.165) is 6.42 Å². The van der Waals surface area contributed by atoms with Crippen LogP contribution in [0.3, 0.4) is 0 Å². The molecular formula is C12H22N2O. The number of hydrogen-bond donors (Lipinski definition) is 1. The summed E-state index contributed by atoms with van der Waals surface area (Å²) < 4.78 is 0. The fraction of sp³-hybridized carbons (Fsp3) is 0.833. The number of carbonyl (C=O) groups is 1. The number of rotatable bonds is 5. The second-order valence-electron chi connectivity index (χ2n) is 4.80. The van der Waals surface area contributed by atoms with Crippen LogP contribution in [-0.2, 0) is 4.79 Å². The monoisotopic (exact) mass is 210 g/mol. The van der Waals surface area contributed by atoms with Crippen LogP contribution >= 0.6 is 0 Å². The second kappa shape index (κ2) is 5.75. The van der Waals surface area contributed by atoms with Crippen molar-refractivity contribution in [3.05, 3.63) is 0 Å². The summed E-state index contributed by atoms with van der Waals surface area (Å²) in [7, 11) is 0. The van der Waals surface area contributed by atoms with E-state index >= 15 is 0 Å². The third-order valence-electron chi connectivity index (χ3n) is 2.66. The Morgan fingerprint density at radius 1 is 1.47 bits per heavy atom. The normalized spacial score (nSPS) is 16.6. The molecule has 2 atom stereocenters. The van der Waals surface area contributed by atoms with Crippen molar-refractivity contribution in [2.75, 3.05) is 0 Å². The van der Waals surface area contributed by atoms with E-state index in [1.807, 2.05) is 13.8 Å². The van der Waals surface area contributed by atoms with E-state index < -0.39 is 5.41 Å². The molecule has 0 aromatic rings. The molecule has 0 heterocycles. The maximum atomic E-state index is 11.8. The molecule has 0 saturated heterocycles. The molecule has 0 rings (SSSR count). The Bertz CT molecular complexity index is 255. The van der Waals surface area contributed by atoms with Crippen molar-refractivity contribution in [2.24, 2.45) is 11.3 Å². The van der Waals surface area contributed by atoms with Gasteiger partial charge < -0.3 is 5.32 Å². The predicted octanol–water partition coefficient (Wildman–Crippen LogP) is 2.48. The van der Waals surface area contributed by atoms with Gasteiger partial charge in [0, 0.05) is 6.04 Å². The molecule has 0 spiro atoms. The van der Waals surface area contributed by atoms with Crippen molar-refractivity contribution in [1.29, 1.82) is 5.26 Å². The molecule has 0 saturated carbocycles. The van der Waals surface area contributed by atoms with Crippen molar-refractivity contribution in [3.63, 3.8) is 0 Å². The van der Waals surface area contributed by atoms with Crippen LogP contribution in [0.1, 0.15) is 47.5 Å². The molecule has 3 heteroatoms. The first-order valence-electron chi connectivity index (χ1n) is 5.58. The molecule has 3 nitrogen and oxygen atoms in total. The third kappa shape index (κ3) is 4.33. The number of amides is 1. The number of hydrogen-bond acceptors (Lipinski definition) is 2. The van der Waals surface area contributed by atoms with Crippen molar-refractivity contribution < 1.29 is 4.79 Å². The topological polar surface area (TPSA) is 52.9 Å². The minimum atomic E-state index is -0.884. The highest BCUT2D eigenvalue weighted by molar-refractivity contribution is 5.85. The summed E-state index contributed by atoms with van der Waals surface area (Å²) in [6.45, 7) is 9.75. The SMILES string of the molecule is CCC(C)(C#N)C(=O)NC(C)CC(C)C. The third-order valence-corrected chi connectivity index (χ3v) is 2.66. The molecule has 0 aliphatic carbocycles. The zero-order valence-corrected chi connectivity index (χ0v) is 10.4. The maximum absolute atomic E-state index is 11.8. The Hall–Kier alpha value is -1.04. The van der Waals surface area contributed by atoms with E-state index in [-0.39, 0.29) is 11.9 Å². The number of nitrogens with zero attached hydrogens (tertiary/aromatic N) is 1. The summed E-state index contributed by atoms with van der Waals surface area (Å²) in [4.78, 5) is 11.8. The Morgan fingerprint density at radius 2 is 2.00 bits per heavy atom. The van der Waals surface area contributed by atoms with Gasteiger partial charge in [0.2, 0.25) is 5.91 Å². The molecule has 0 aliphatic heterocycles. The van der Waals surface area contributed by atoms with Crippen LogP contribution in [-0.4, -0.2) is 11.9 Å². The van der Waals surface area contributed by atoms with Crippen LogP contribution in [0.25, 0.3) is 0 Å². The summed E-state index contributed by atoms with van der Waals surface area (Å²) in [5.41, 5.74) is -0.884. The Labute approximate surface area is 92.9 Å². The molecule has 86 valence electrons. The lowest BCUT2D eigenvalue weighted by molar-refractivity contribution is -0.128. The highest BCUT2D eigenvalue weighted by Gasteiger charge is 2.31. The number of nitriles is 1. The average Bonchev–Trinajstić information content (AvgIpc) is 2.15. The van der Waals surface area contributed by atoms with E-state index in [9.17, 15) is 4.79 Å². The first-order valence-corrected chi connectivity index (χ1v) is 5.58. The van der Waals surface area contributed by atoms with Crippen LogP contribution in [0.2, 0.25) is 0 Å². The van der Waals surface area contributed by atoms with Crippen LogP contribution in [0.5, 0.6) is 0 Å². The summed E-state index contributed by atoms with van der Waals surface area (Å²) in [6, 6.07) is 2.21. The van der Waals surface area contributed by atoms with Gasteiger partial charge in [0.05, 0.1) is 6.07 Å². The molecule has 1 amide bonds. The van der Waals surface area contributed by atoms with E-state index in [2.05, 4.69) is 25.2 Å². The summed E-state index contributed by atoms with van der Waals surface area (Å²) in [5.74, 6) is 0.399. The molecule has 0 aromatic carbocycles. The van der Waals surface area contributed by atoms with Crippen molar-refractivity contribution in [1.82, 2.24) is 5.32 Å². The lowest BCUT2D eigenvalue weighted by Gasteiger charge is -2.23. The number of nitrogens with one attached hydrogen (secondary N) is 1. The molecule has 0 bridgehead atoms. The molecule has 15 heavy (non-hydrogen) atoms. The van der Waals surface area contributed by atoms with Gasteiger partial charge in [-0.3, -0.25) is 4.79 Å². The zero-order valence-electron chi connectivity index (χ0n) is 10.4. The van der Waals surface area contributed by atoms with Gasteiger partial charge in [0.1, 0.15) is 5.41 Å². The van der Waals surface area contributed by atoms with E-state index in [0.29, 0.717) is 12.3 Å². The van der Waals surface area contributed by atoms with Crippen LogP contribution in [0.4, 0.5) is 0 Å². The highest BCUT2D eigenvalue weighted by atomic mass is 16.2. The molecule has 0 fully saturated rings. The Morgan fingerprint density at radius 3 is 2.33 bits per heavy atom. The summed E-state index contributed by atoms with van der Waals surface area (Å²) in [5, 5.41) is 11.8. The minimum absolute atomic E-state index is 0.136. The van der Waals surface area contributed by atoms with E-state index in [4.69, 9.17) is 5.26 Å². The minimum Gasteiger partial charge on any atom is -0.352 e. The maximum Gasteiger partial charge on any atom is 0.240 e. The highest BCUT2D eigenvalue weighted by Crippen LogP contribution is 2.20. The van der Waals surface area contributed by atoms with E-state index in [1.54, 1.807) is 6.92 Å². The molecule has 0 aromatic heterocycles. The van der Waals surface area contributed by atoms with Crippen molar-refractivity contribution in [2.45, 2.75) is 53.5 Å². The molecular weight excluding hydrogens is 188 g/mol. The summed E-state index contributed by atoms with van der Waals surface area (Å²) >= 11 is 0. The first-order chi connectivity index (χ1) is 6.85. The molecule has 0 aliphatic rings. The predicted molar refractivity (Wildman–Crippen MR) is 61.1 cm³/mol. The standard InChI is InChI=1S/C12H22N2O/c1-6-12(5,8-13)11(15)14-10(4)7-9(2)3/h9-10H,6-7H2,1-5H3,(H,14,15). The van der Waals surface area contributed by atoms with Gasteiger partial charge in [-0.05, 0) is 32.6 Å². The summed E-state index contributed by atoms with van der Waals surface area (Å²) in [6.07, 6.45) is 1.49. The van der Waals surface area contributed by atoms with E-state index in [1.165, 1.54) is 0 Å². The van der Waals surface area contributed by atoms with Crippen LogP contribution in [0.15, 0.2) is 0 Å². The first kappa shape index (κ1) is 14.0. The van der Waals surface area contributed by atoms with Gasteiger partial charge in [0.15, 0.2) is 0 Å². The Balaban J connectivity index is 4.31. The molecule has 0 radical (unpaired) electrons. The fourth-order valence-electron chi connectivity index (χ4n) is 1.44. The average molecular weight is 210 g/mol. The second-order valence-corrected chi connectivity index (χ2v) is 4.80. The van der Waals surface area contributed by atoms with Gasteiger partial charge in [0.25, 0.3) is 0 Å². The van der Waals surface area contributed by atoms with Gasteiger partial charge in [-0.25, -0.2) is 0 Å².